The van der Waals surface area contributed by atoms with Crippen LogP contribution in [0.25, 0.3) is 0 Å². The molecule has 0 saturated heterocycles. The van der Waals surface area contributed by atoms with Gasteiger partial charge in [0.15, 0.2) is 12.2 Å². The van der Waals surface area contributed by atoms with Gasteiger partial charge in [-0.05, 0) is 43.4 Å². The average Bonchev–Trinajstić information content (AvgIpc) is 1.43. The molecule has 0 aliphatic carbocycles. The summed E-state index contributed by atoms with van der Waals surface area (Å²) in [7, 11) is -9.91. The van der Waals surface area contributed by atoms with Crippen LogP contribution in [-0.4, -0.2) is 96.7 Å². The zero-order valence-corrected chi connectivity index (χ0v) is 66.0. The Balaban J connectivity index is 5.19. The van der Waals surface area contributed by atoms with Gasteiger partial charge >= 0.3 is 39.5 Å². The molecule has 0 aliphatic heterocycles. The number of phosphoric acid groups is 2. The molecule has 19 heteroatoms. The molecule has 582 valence electrons. The molecular formula is C79H154O17P2. The molecule has 0 aliphatic rings. The number of aliphatic hydroxyl groups is 1. The van der Waals surface area contributed by atoms with Gasteiger partial charge < -0.3 is 33.8 Å². The van der Waals surface area contributed by atoms with Gasteiger partial charge in [-0.3, -0.25) is 37.3 Å². The third-order valence-electron chi connectivity index (χ3n) is 18.7. The molecule has 3 N–H and O–H groups in total. The number of hydrogen-bond acceptors (Lipinski definition) is 15. The summed E-state index contributed by atoms with van der Waals surface area (Å²) in [4.78, 5) is 72.8. The quantitative estimate of drug-likeness (QED) is 0.0222. The van der Waals surface area contributed by atoms with E-state index in [1.54, 1.807) is 0 Å². The molecular weight excluding hydrogens is 1280 g/mol. The molecule has 6 atom stereocenters. The summed E-state index contributed by atoms with van der Waals surface area (Å²) in [6.07, 6.45) is 57.0. The van der Waals surface area contributed by atoms with E-state index in [4.69, 9.17) is 37.0 Å². The van der Waals surface area contributed by atoms with Crippen molar-refractivity contribution in [2.24, 2.45) is 17.8 Å². The number of esters is 4. The lowest BCUT2D eigenvalue weighted by Crippen LogP contribution is -2.30. The van der Waals surface area contributed by atoms with Crippen LogP contribution in [0.4, 0.5) is 0 Å². The number of unbranched alkanes of at least 4 members (excludes halogenated alkanes) is 44. The standard InChI is InChI=1S/C79H154O17P2/c1-8-10-11-12-13-14-15-28-34-39-48-55-62-78(83)96-75(67-90-77(82)61-54-47-42-41-44-51-58-71(5)6)69-94-98(87,88)92-65-73(80)64-91-97(85,86)93-68-74(66-89-76(81)60-53-46-38-33-29-25-24-26-31-36-43-50-57-70(3)4)95-79(84)63-56-49-40-35-30-23-21-19-17-16-18-20-22-27-32-37-45-52-59-72(7)9-2/h70-75,80H,8-69H2,1-7H3,(H,85,86)(H,87,88)/t72?,73-,74-,75-/m1/s1. The number of ether oxygens (including phenoxy) is 4. The van der Waals surface area contributed by atoms with E-state index in [9.17, 15) is 43.2 Å². The van der Waals surface area contributed by atoms with Crippen LogP contribution in [0.5, 0.6) is 0 Å². The second-order valence-electron chi connectivity index (χ2n) is 29.6. The Morgan fingerprint density at radius 3 is 0.776 bits per heavy atom. The lowest BCUT2D eigenvalue weighted by Gasteiger charge is -2.21. The molecule has 0 bridgehead atoms. The highest BCUT2D eigenvalue weighted by molar-refractivity contribution is 7.47. The lowest BCUT2D eigenvalue weighted by molar-refractivity contribution is -0.161. The van der Waals surface area contributed by atoms with Crippen LogP contribution in [0, 0.1) is 17.8 Å². The molecule has 0 amide bonds. The Hall–Kier alpha value is -1.94. The first-order valence-corrected chi connectivity index (χ1v) is 43.9. The van der Waals surface area contributed by atoms with Crippen LogP contribution < -0.4 is 0 Å². The normalized spacial score (nSPS) is 14.3. The number of phosphoric ester groups is 2. The monoisotopic (exact) mass is 1440 g/mol. The molecule has 0 aromatic carbocycles. The Labute approximate surface area is 600 Å². The summed E-state index contributed by atoms with van der Waals surface area (Å²) in [6, 6.07) is 0. The minimum atomic E-state index is -4.96. The lowest BCUT2D eigenvalue weighted by atomic mass is 9.99. The van der Waals surface area contributed by atoms with Crippen molar-refractivity contribution in [1.82, 2.24) is 0 Å². The van der Waals surface area contributed by atoms with Crippen LogP contribution in [-0.2, 0) is 65.4 Å². The molecule has 0 heterocycles. The fourth-order valence-electron chi connectivity index (χ4n) is 12.1. The van der Waals surface area contributed by atoms with Crippen molar-refractivity contribution in [3.63, 3.8) is 0 Å². The highest BCUT2D eigenvalue weighted by Gasteiger charge is 2.30. The van der Waals surface area contributed by atoms with E-state index in [0.29, 0.717) is 31.6 Å². The van der Waals surface area contributed by atoms with Crippen LogP contribution in [0.2, 0.25) is 0 Å². The Morgan fingerprint density at radius 2 is 0.520 bits per heavy atom. The minimum Gasteiger partial charge on any atom is -0.462 e. The van der Waals surface area contributed by atoms with E-state index in [1.807, 2.05) is 0 Å². The number of aliphatic hydroxyl groups excluding tert-OH is 1. The smallest absolute Gasteiger partial charge is 0.462 e. The second-order valence-corrected chi connectivity index (χ2v) is 32.6. The zero-order valence-electron chi connectivity index (χ0n) is 64.3. The summed E-state index contributed by atoms with van der Waals surface area (Å²) < 4.78 is 68.6. The maximum atomic E-state index is 13.1. The minimum absolute atomic E-state index is 0.106. The summed E-state index contributed by atoms with van der Waals surface area (Å²) in [6.45, 7) is 11.9. The van der Waals surface area contributed by atoms with Crippen LogP contribution in [0.15, 0.2) is 0 Å². The van der Waals surface area contributed by atoms with Gasteiger partial charge in [-0.15, -0.1) is 0 Å². The number of carbonyl (C=O) groups is 4. The van der Waals surface area contributed by atoms with E-state index in [-0.39, 0.29) is 25.7 Å². The van der Waals surface area contributed by atoms with Crippen LogP contribution >= 0.6 is 15.6 Å². The Morgan fingerprint density at radius 1 is 0.296 bits per heavy atom. The topological polar surface area (TPSA) is 237 Å². The summed E-state index contributed by atoms with van der Waals surface area (Å²) in [5.41, 5.74) is 0. The molecule has 0 aromatic heterocycles. The fourth-order valence-corrected chi connectivity index (χ4v) is 13.7. The highest BCUT2D eigenvalue weighted by Crippen LogP contribution is 2.45. The van der Waals surface area contributed by atoms with Gasteiger partial charge in [-0.2, -0.15) is 0 Å². The van der Waals surface area contributed by atoms with Gasteiger partial charge in [0.05, 0.1) is 26.4 Å². The maximum Gasteiger partial charge on any atom is 0.472 e. The van der Waals surface area contributed by atoms with E-state index < -0.39 is 97.5 Å². The van der Waals surface area contributed by atoms with Crippen LogP contribution in [0.1, 0.15) is 408 Å². The van der Waals surface area contributed by atoms with Crippen molar-refractivity contribution in [2.75, 3.05) is 39.6 Å². The summed E-state index contributed by atoms with van der Waals surface area (Å²) >= 11 is 0. The van der Waals surface area contributed by atoms with E-state index in [0.717, 1.165) is 108 Å². The molecule has 0 rings (SSSR count). The molecule has 0 fully saturated rings. The summed E-state index contributed by atoms with van der Waals surface area (Å²) in [5, 5.41) is 10.6. The highest BCUT2D eigenvalue weighted by atomic mass is 31.2. The molecule has 98 heavy (non-hydrogen) atoms. The molecule has 3 unspecified atom stereocenters. The Kier molecular flexibility index (Phi) is 68.1. The van der Waals surface area contributed by atoms with Crippen LogP contribution in [0.3, 0.4) is 0 Å². The SMILES string of the molecule is CCCCCCCCCCCCCCC(=O)O[C@H](COC(=O)CCCCCCCCC(C)C)COP(=O)(O)OC[C@H](O)COP(=O)(O)OC[C@@H](COC(=O)CCCCCCCCCCCCCCC(C)C)OC(=O)CCCCCCCCCCCCCCCCCCCCC(C)CC. The van der Waals surface area contributed by atoms with Gasteiger partial charge in [0.1, 0.15) is 19.3 Å². The van der Waals surface area contributed by atoms with E-state index in [2.05, 4.69) is 48.5 Å². The first-order chi connectivity index (χ1) is 47.3. The third-order valence-corrected chi connectivity index (χ3v) is 20.6. The predicted molar refractivity (Wildman–Crippen MR) is 400 cm³/mol. The third kappa shape index (κ3) is 71.1. The predicted octanol–water partition coefficient (Wildman–Crippen LogP) is 23.4. The van der Waals surface area contributed by atoms with E-state index in [1.165, 1.54) is 212 Å². The second kappa shape index (κ2) is 69.4. The van der Waals surface area contributed by atoms with Gasteiger partial charge in [0.25, 0.3) is 0 Å². The molecule has 0 saturated carbocycles. The van der Waals surface area contributed by atoms with Crippen molar-refractivity contribution < 1.29 is 80.2 Å². The van der Waals surface area contributed by atoms with Gasteiger partial charge in [-0.1, -0.05) is 357 Å². The van der Waals surface area contributed by atoms with Gasteiger partial charge in [-0.25, -0.2) is 9.13 Å². The van der Waals surface area contributed by atoms with Gasteiger partial charge in [0.2, 0.25) is 0 Å². The van der Waals surface area contributed by atoms with Crippen molar-refractivity contribution in [3.05, 3.63) is 0 Å². The van der Waals surface area contributed by atoms with Crippen molar-refractivity contribution in [3.8, 4) is 0 Å². The van der Waals surface area contributed by atoms with Crippen molar-refractivity contribution >= 4 is 39.5 Å². The molecule has 0 spiro atoms. The first-order valence-electron chi connectivity index (χ1n) is 40.9. The first kappa shape index (κ1) is 96.1. The average molecular weight is 1440 g/mol. The fraction of sp³-hybridized carbons (Fsp3) is 0.949. The zero-order chi connectivity index (χ0) is 72.3. The molecule has 0 radical (unpaired) electrons. The number of carbonyl (C=O) groups excluding carboxylic acids is 4. The Bertz CT molecular complexity index is 1910. The van der Waals surface area contributed by atoms with Gasteiger partial charge in [0, 0.05) is 25.7 Å². The molecule has 17 nitrogen and oxygen atoms in total. The maximum absolute atomic E-state index is 13.1. The van der Waals surface area contributed by atoms with Crippen molar-refractivity contribution in [1.29, 1.82) is 0 Å². The number of rotatable bonds is 77. The number of hydrogen-bond donors (Lipinski definition) is 3. The summed E-state index contributed by atoms with van der Waals surface area (Å²) in [5.74, 6) is 0.217. The van der Waals surface area contributed by atoms with E-state index >= 15 is 0 Å². The molecule has 0 aromatic rings. The van der Waals surface area contributed by atoms with Crippen molar-refractivity contribution in [2.45, 2.75) is 426 Å². The largest absolute Gasteiger partial charge is 0.472 e.